The van der Waals surface area contributed by atoms with E-state index in [4.69, 9.17) is 4.74 Å². The average Bonchev–Trinajstić information content (AvgIpc) is 2.90. The van der Waals surface area contributed by atoms with Crippen LogP contribution in [-0.4, -0.2) is 34.5 Å². The molecule has 1 atom stereocenters. The molecule has 36 heavy (non-hydrogen) atoms. The number of nitrogens with one attached hydrogen (secondary N) is 2. The highest BCUT2D eigenvalue weighted by Crippen LogP contribution is 2.25. The summed E-state index contributed by atoms with van der Waals surface area (Å²) in [5.74, 6) is -0.458. The SMILES string of the molecule is O=C(NC(Cc1ccc(O)cc1)C(=O)N/N=C/c1c(O)ccc2ccccc12)OCc1ccccc1. The smallest absolute Gasteiger partial charge is 0.408 e. The number of aromatic hydroxyl groups is 2. The van der Waals surface area contributed by atoms with E-state index in [0.717, 1.165) is 16.3 Å². The average molecular weight is 484 g/mol. The number of hydrogen-bond acceptors (Lipinski definition) is 6. The number of phenolic OH excluding ortho intramolecular Hbond substituents is 2. The molecule has 4 aromatic rings. The third kappa shape index (κ3) is 6.38. The highest BCUT2D eigenvalue weighted by Gasteiger charge is 2.22. The van der Waals surface area contributed by atoms with Crippen LogP contribution in [0.15, 0.2) is 96.1 Å². The molecule has 0 aliphatic rings. The van der Waals surface area contributed by atoms with Gasteiger partial charge < -0.3 is 20.3 Å². The summed E-state index contributed by atoms with van der Waals surface area (Å²) in [6.45, 7) is 0.0543. The van der Waals surface area contributed by atoms with Crippen molar-refractivity contribution in [1.82, 2.24) is 10.7 Å². The summed E-state index contributed by atoms with van der Waals surface area (Å²) in [5, 5.41) is 28.1. The van der Waals surface area contributed by atoms with Crippen LogP contribution in [0.1, 0.15) is 16.7 Å². The second-order valence-corrected chi connectivity index (χ2v) is 8.08. The number of carbonyl (C=O) groups excluding carboxylic acids is 2. The van der Waals surface area contributed by atoms with Crippen LogP contribution < -0.4 is 10.7 Å². The van der Waals surface area contributed by atoms with Gasteiger partial charge in [-0.15, -0.1) is 0 Å². The summed E-state index contributed by atoms with van der Waals surface area (Å²) in [7, 11) is 0. The van der Waals surface area contributed by atoms with Crippen molar-refractivity contribution < 1.29 is 24.5 Å². The first-order valence-electron chi connectivity index (χ1n) is 11.3. The molecule has 0 saturated heterocycles. The molecule has 4 aromatic carbocycles. The van der Waals surface area contributed by atoms with Gasteiger partial charge in [-0.3, -0.25) is 4.79 Å². The van der Waals surface area contributed by atoms with Crippen LogP contribution >= 0.6 is 0 Å². The van der Waals surface area contributed by atoms with Gasteiger partial charge in [-0.1, -0.05) is 72.8 Å². The standard InChI is InChI=1S/C28H25N3O5/c32-22-13-10-19(11-14-22)16-25(30-28(35)36-18-20-6-2-1-3-7-20)27(34)31-29-17-24-23-9-5-4-8-21(23)12-15-26(24)33/h1-15,17,25,32-33H,16,18H2,(H,30,35)(H,31,34)/b29-17+. The van der Waals surface area contributed by atoms with Crippen molar-refractivity contribution in [2.75, 3.05) is 0 Å². The van der Waals surface area contributed by atoms with Crippen LogP contribution in [0.25, 0.3) is 10.8 Å². The van der Waals surface area contributed by atoms with Crippen molar-refractivity contribution in [3.63, 3.8) is 0 Å². The van der Waals surface area contributed by atoms with Crippen LogP contribution in [0.2, 0.25) is 0 Å². The Labute approximate surface area is 207 Å². The third-order valence-electron chi connectivity index (χ3n) is 5.51. The van der Waals surface area contributed by atoms with E-state index in [1.54, 1.807) is 24.3 Å². The summed E-state index contributed by atoms with van der Waals surface area (Å²) in [6.07, 6.45) is 0.746. The van der Waals surface area contributed by atoms with Crippen molar-refractivity contribution >= 4 is 29.0 Å². The van der Waals surface area contributed by atoms with Gasteiger partial charge in [-0.2, -0.15) is 5.10 Å². The van der Waals surface area contributed by atoms with Gasteiger partial charge in [0.25, 0.3) is 5.91 Å². The zero-order chi connectivity index (χ0) is 25.3. The third-order valence-corrected chi connectivity index (χ3v) is 5.51. The molecule has 0 aromatic heterocycles. The number of amides is 2. The molecule has 0 saturated carbocycles. The summed E-state index contributed by atoms with van der Waals surface area (Å²) < 4.78 is 5.26. The summed E-state index contributed by atoms with van der Waals surface area (Å²) in [4.78, 5) is 25.4. The van der Waals surface area contributed by atoms with Gasteiger partial charge in [0.2, 0.25) is 0 Å². The number of rotatable bonds is 8. The molecule has 182 valence electrons. The summed E-state index contributed by atoms with van der Waals surface area (Å²) in [5.41, 5.74) is 4.42. The molecule has 0 aliphatic heterocycles. The predicted octanol–water partition coefficient (Wildman–Crippen LogP) is 4.24. The highest BCUT2D eigenvalue weighted by molar-refractivity contribution is 6.02. The maximum absolute atomic E-state index is 13.0. The van der Waals surface area contributed by atoms with Crippen LogP contribution in [0.3, 0.4) is 0 Å². The fraction of sp³-hybridized carbons (Fsp3) is 0.107. The first-order valence-corrected chi connectivity index (χ1v) is 11.3. The van der Waals surface area contributed by atoms with Gasteiger partial charge in [0.15, 0.2) is 0 Å². The lowest BCUT2D eigenvalue weighted by Gasteiger charge is -2.17. The van der Waals surface area contributed by atoms with Gasteiger partial charge in [0.1, 0.15) is 24.1 Å². The van der Waals surface area contributed by atoms with Crippen LogP contribution in [-0.2, 0) is 22.6 Å². The van der Waals surface area contributed by atoms with Crippen LogP contribution in [0.5, 0.6) is 11.5 Å². The lowest BCUT2D eigenvalue weighted by Crippen LogP contribution is -2.47. The Morgan fingerprint density at radius 1 is 0.861 bits per heavy atom. The Morgan fingerprint density at radius 3 is 2.36 bits per heavy atom. The molecule has 4 rings (SSSR count). The Hall–Kier alpha value is -4.85. The van der Waals surface area contributed by atoms with E-state index in [0.29, 0.717) is 11.1 Å². The maximum atomic E-state index is 13.0. The zero-order valence-corrected chi connectivity index (χ0v) is 19.3. The number of carbonyl (C=O) groups is 2. The molecular formula is C28H25N3O5. The fourth-order valence-electron chi connectivity index (χ4n) is 3.64. The van der Waals surface area contributed by atoms with Gasteiger partial charge in [0, 0.05) is 12.0 Å². The molecule has 0 fully saturated rings. The molecule has 8 nitrogen and oxygen atoms in total. The highest BCUT2D eigenvalue weighted by atomic mass is 16.5. The Kier molecular flexibility index (Phi) is 7.77. The molecule has 0 aliphatic carbocycles. The lowest BCUT2D eigenvalue weighted by atomic mass is 10.0. The van der Waals surface area contributed by atoms with Gasteiger partial charge in [-0.25, -0.2) is 10.2 Å². The number of ether oxygens (including phenoxy) is 1. The molecule has 4 N–H and O–H groups in total. The fourth-order valence-corrected chi connectivity index (χ4v) is 3.64. The summed E-state index contributed by atoms with van der Waals surface area (Å²) >= 11 is 0. The van der Waals surface area contributed by atoms with Crippen molar-refractivity contribution in [1.29, 1.82) is 0 Å². The number of phenols is 2. The molecule has 0 spiro atoms. The van der Waals surface area contributed by atoms with Crippen LogP contribution in [0.4, 0.5) is 4.79 Å². The minimum Gasteiger partial charge on any atom is -0.508 e. The van der Waals surface area contributed by atoms with Crippen molar-refractivity contribution in [2.24, 2.45) is 5.10 Å². The van der Waals surface area contributed by atoms with Gasteiger partial charge in [0.05, 0.1) is 6.21 Å². The number of benzene rings is 4. The largest absolute Gasteiger partial charge is 0.508 e. The van der Waals surface area contributed by atoms with Crippen molar-refractivity contribution in [3.8, 4) is 11.5 Å². The van der Waals surface area contributed by atoms with E-state index in [2.05, 4.69) is 15.8 Å². The quantitative estimate of drug-likeness (QED) is 0.221. The van der Waals surface area contributed by atoms with E-state index >= 15 is 0 Å². The molecule has 1 unspecified atom stereocenters. The van der Waals surface area contributed by atoms with E-state index in [9.17, 15) is 19.8 Å². The second-order valence-electron chi connectivity index (χ2n) is 8.08. The van der Waals surface area contributed by atoms with Gasteiger partial charge in [-0.05, 0) is 40.1 Å². The molecular weight excluding hydrogens is 458 g/mol. The molecule has 0 heterocycles. The number of nitrogens with zero attached hydrogens (tertiary/aromatic N) is 1. The Bertz CT molecular complexity index is 1370. The molecule has 0 radical (unpaired) electrons. The maximum Gasteiger partial charge on any atom is 0.408 e. The van der Waals surface area contributed by atoms with Crippen molar-refractivity contribution in [3.05, 3.63) is 108 Å². The first-order chi connectivity index (χ1) is 17.5. The van der Waals surface area contributed by atoms with E-state index < -0.39 is 18.0 Å². The first kappa shape index (κ1) is 24.3. The summed E-state index contributed by atoms with van der Waals surface area (Å²) in [6, 6.07) is 25.3. The Morgan fingerprint density at radius 2 is 1.58 bits per heavy atom. The Balaban J connectivity index is 1.46. The van der Waals surface area contributed by atoms with Gasteiger partial charge >= 0.3 is 6.09 Å². The number of hydrazone groups is 1. The number of fused-ring (bicyclic) bond motifs is 1. The number of alkyl carbamates (subject to hydrolysis) is 1. The molecule has 2 amide bonds. The van der Waals surface area contributed by atoms with E-state index in [1.807, 2.05) is 54.6 Å². The van der Waals surface area contributed by atoms with E-state index in [-0.39, 0.29) is 24.5 Å². The topological polar surface area (TPSA) is 120 Å². The van der Waals surface area contributed by atoms with E-state index in [1.165, 1.54) is 18.3 Å². The van der Waals surface area contributed by atoms with Crippen molar-refractivity contribution in [2.45, 2.75) is 19.1 Å². The second kappa shape index (κ2) is 11.5. The molecule has 0 bridgehead atoms. The molecule has 8 heteroatoms. The minimum atomic E-state index is -1.00. The predicted molar refractivity (Wildman–Crippen MR) is 137 cm³/mol. The normalized spacial score (nSPS) is 11.8. The monoisotopic (exact) mass is 483 g/mol. The zero-order valence-electron chi connectivity index (χ0n) is 19.3. The van der Waals surface area contributed by atoms with Crippen LogP contribution in [0, 0.1) is 0 Å². The number of hydrogen-bond donors (Lipinski definition) is 4. The lowest BCUT2D eigenvalue weighted by molar-refractivity contribution is -0.123. The minimum absolute atomic E-state index is 0.0231.